The van der Waals surface area contributed by atoms with Crippen LogP contribution in [0.15, 0.2) is 53.3 Å². The minimum absolute atomic E-state index is 0.217. The zero-order chi connectivity index (χ0) is 16.2. The number of pyridine rings is 1. The van der Waals surface area contributed by atoms with Gasteiger partial charge in [-0.05, 0) is 65.7 Å². The monoisotopic (exact) mass is 380 g/mol. The third-order valence-electron chi connectivity index (χ3n) is 3.80. The molecule has 0 bridgehead atoms. The van der Waals surface area contributed by atoms with Crippen LogP contribution in [-0.2, 0) is 17.4 Å². The van der Waals surface area contributed by atoms with E-state index in [1.54, 1.807) is 6.20 Å². The van der Waals surface area contributed by atoms with Crippen molar-refractivity contribution in [2.24, 2.45) is 5.14 Å². The van der Waals surface area contributed by atoms with Gasteiger partial charge in [0.2, 0.25) is 0 Å². The van der Waals surface area contributed by atoms with Crippen molar-refractivity contribution >= 4 is 26.9 Å². The maximum atomic E-state index is 11.8. The van der Waals surface area contributed by atoms with Crippen LogP contribution in [0.1, 0.15) is 37.3 Å². The number of rotatable bonds is 6. The molecule has 0 fully saturated rings. The van der Waals surface area contributed by atoms with Gasteiger partial charge in [0, 0.05) is 16.9 Å². The molecular weight excluding hydrogens is 360 g/mol. The van der Waals surface area contributed by atoms with Crippen molar-refractivity contribution in [1.82, 2.24) is 4.98 Å². The zero-order valence-electron chi connectivity index (χ0n) is 12.8. The molecule has 0 aliphatic rings. The summed E-state index contributed by atoms with van der Waals surface area (Å²) in [5, 5.41) is 5.67. The zero-order valence-corrected chi connectivity index (χ0v) is 15.2. The van der Waals surface area contributed by atoms with Crippen molar-refractivity contribution in [2.75, 3.05) is 0 Å². The Morgan fingerprint density at radius 1 is 1.27 bits per heavy atom. The third kappa shape index (κ3) is 4.73. The predicted octanol–water partition coefficient (Wildman–Crippen LogP) is 3.96. The number of halogens is 1. The Hall–Kier alpha value is -1.04. The van der Waals surface area contributed by atoms with Crippen LogP contribution < -0.4 is 5.14 Å². The second kappa shape index (κ2) is 7.49. The first-order valence-electron chi connectivity index (χ1n) is 7.19. The van der Waals surface area contributed by atoms with E-state index in [1.807, 2.05) is 38.2 Å². The molecule has 0 spiro atoms. The number of benzene rings is 1. The van der Waals surface area contributed by atoms with E-state index < -0.39 is 15.7 Å². The third-order valence-corrected chi connectivity index (χ3v) is 5.49. The Morgan fingerprint density at radius 2 is 1.95 bits per heavy atom. The fourth-order valence-corrected chi connectivity index (χ4v) is 3.28. The van der Waals surface area contributed by atoms with Crippen LogP contribution in [0.3, 0.4) is 0 Å². The summed E-state index contributed by atoms with van der Waals surface area (Å²) in [6.45, 7) is 3.90. The van der Waals surface area contributed by atoms with Gasteiger partial charge in [0.1, 0.15) is 0 Å². The minimum atomic E-state index is -1.37. The van der Waals surface area contributed by atoms with Crippen LogP contribution in [0.5, 0.6) is 0 Å². The van der Waals surface area contributed by atoms with Gasteiger partial charge in [-0.15, -0.1) is 0 Å². The number of hydrogen-bond acceptors (Lipinski definition) is 2. The van der Waals surface area contributed by atoms with Crippen LogP contribution in [0, 0.1) is 0 Å². The fourth-order valence-electron chi connectivity index (χ4n) is 2.53. The molecule has 1 aromatic heterocycles. The molecule has 1 unspecified atom stereocenters. The lowest BCUT2D eigenvalue weighted by Gasteiger charge is -2.27. The Morgan fingerprint density at radius 3 is 2.55 bits per heavy atom. The molecule has 0 aliphatic carbocycles. The van der Waals surface area contributed by atoms with Gasteiger partial charge < -0.3 is 0 Å². The van der Waals surface area contributed by atoms with E-state index in [-0.39, 0.29) is 5.92 Å². The first kappa shape index (κ1) is 17.3. The Kier molecular flexibility index (Phi) is 5.89. The molecule has 1 heterocycles. The van der Waals surface area contributed by atoms with Gasteiger partial charge in [-0.1, -0.05) is 30.3 Å². The molecule has 0 aliphatic heterocycles. The lowest BCUT2D eigenvalue weighted by molar-refractivity contribution is 0.513. The van der Waals surface area contributed by atoms with Crippen molar-refractivity contribution in [3.05, 3.63) is 64.4 Å². The molecule has 0 saturated carbocycles. The van der Waals surface area contributed by atoms with Crippen molar-refractivity contribution in [1.29, 1.82) is 0 Å². The Labute approximate surface area is 143 Å². The molecule has 2 atom stereocenters. The van der Waals surface area contributed by atoms with Gasteiger partial charge in [-0.2, -0.15) is 0 Å². The SMILES string of the molecule is CC(C)(C[C@@H](Cc1ccccc1)c1cncc(Br)c1)S(N)=O. The van der Waals surface area contributed by atoms with E-state index >= 15 is 0 Å². The summed E-state index contributed by atoms with van der Waals surface area (Å²) in [6, 6.07) is 12.4. The molecule has 0 saturated heterocycles. The van der Waals surface area contributed by atoms with Crippen LogP contribution in [0.2, 0.25) is 0 Å². The van der Waals surface area contributed by atoms with Gasteiger partial charge in [0.25, 0.3) is 0 Å². The number of nitrogens with zero attached hydrogens (tertiary/aromatic N) is 1. The number of nitrogens with two attached hydrogens (primary N) is 1. The molecule has 2 N–H and O–H groups in total. The lowest BCUT2D eigenvalue weighted by Crippen LogP contribution is -2.34. The second-order valence-electron chi connectivity index (χ2n) is 6.08. The summed E-state index contributed by atoms with van der Waals surface area (Å²) < 4.78 is 12.3. The molecule has 3 nitrogen and oxygen atoms in total. The average molecular weight is 381 g/mol. The minimum Gasteiger partial charge on any atom is -0.263 e. The van der Waals surface area contributed by atoms with Crippen molar-refractivity contribution in [2.45, 2.75) is 37.4 Å². The predicted molar refractivity (Wildman–Crippen MR) is 95.8 cm³/mol. The second-order valence-corrected chi connectivity index (χ2v) is 8.70. The highest BCUT2D eigenvalue weighted by Crippen LogP contribution is 2.32. The molecule has 2 aromatic rings. The van der Waals surface area contributed by atoms with Gasteiger partial charge in [-0.25, -0.2) is 4.21 Å². The average Bonchev–Trinajstić information content (AvgIpc) is 2.47. The molecular formula is C17H21BrN2OS. The quantitative estimate of drug-likeness (QED) is 0.824. The molecule has 118 valence electrons. The van der Waals surface area contributed by atoms with E-state index in [1.165, 1.54) is 5.56 Å². The normalized spacial score (nSPS) is 14.5. The van der Waals surface area contributed by atoms with Crippen molar-refractivity contribution < 1.29 is 4.21 Å². The topological polar surface area (TPSA) is 56.0 Å². The summed E-state index contributed by atoms with van der Waals surface area (Å²) in [6.07, 6.45) is 5.27. The maximum absolute atomic E-state index is 11.8. The highest BCUT2D eigenvalue weighted by atomic mass is 79.9. The Bertz CT molecular complexity index is 646. The van der Waals surface area contributed by atoms with Gasteiger partial charge in [-0.3, -0.25) is 10.1 Å². The maximum Gasteiger partial charge on any atom is 0.0945 e. The summed E-state index contributed by atoms with van der Waals surface area (Å²) in [5.74, 6) is 0.217. The fraction of sp³-hybridized carbons (Fsp3) is 0.353. The molecule has 2 rings (SSSR count). The van der Waals surface area contributed by atoms with Crippen LogP contribution in [0.25, 0.3) is 0 Å². The van der Waals surface area contributed by atoms with E-state index in [9.17, 15) is 4.21 Å². The van der Waals surface area contributed by atoms with E-state index in [2.05, 4.69) is 39.1 Å². The standard InChI is InChI=1S/C17H21BrN2OS/c1-17(2,22(19)21)10-14(8-13-6-4-3-5-7-13)15-9-16(18)12-20-11-15/h3-7,9,11-12,14H,8,10,19H2,1-2H3/t14-,22?/m1/s1. The smallest absolute Gasteiger partial charge is 0.0945 e. The molecule has 0 radical (unpaired) electrons. The van der Waals surface area contributed by atoms with Gasteiger partial charge in [0.15, 0.2) is 0 Å². The van der Waals surface area contributed by atoms with Crippen molar-refractivity contribution in [3.8, 4) is 0 Å². The van der Waals surface area contributed by atoms with E-state index in [4.69, 9.17) is 5.14 Å². The van der Waals surface area contributed by atoms with Gasteiger partial charge >= 0.3 is 0 Å². The molecule has 5 heteroatoms. The molecule has 22 heavy (non-hydrogen) atoms. The first-order chi connectivity index (χ1) is 10.4. The molecule has 1 aromatic carbocycles. The van der Waals surface area contributed by atoms with Crippen LogP contribution >= 0.6 is 15.9 Å². The highest BCUT2D eigenvalue weighted by molar-refractivity contribution is 9.10. The summed E-state index contributed by atoms with van der Waals surface area (Å²) in [4.78, 5) is 4.27. The van der Waals surface area contributed by atoms with E-state index in [0.29, 0.717) is 0 Å². The summed E-state index contributed by atoms with van der Waals surface area (Å²) in [5.41, 5.74) is 2.39. The molecule has 0 amide bonds. The number of aromatic nitrogens is 1. The van der Waals surface area contributed by atoms with E-state index in [0.717, 1.165) is 22.9 Å². The van der Waals surface area contributed by atoms with Crippen LogP contribution in [0.4, 0.5) is 0 Å². The summed E-state index contributed by atoms with van der Waals surface area (Å²) >= 11 is 3.48. The number of hydrogen-bond donors (Lipinski definition) is 1. The largest absolute Gasteiger partial charge is 0.263 e. The Balaban J connectivity index is 2.30. The van der Waals surface area contributed by atoms with Crippen LogP contribution in [-0.4, -0.2) is 13.9 Å². The van der Waals surface area contributed by atoms with Gasteiger partial charge in [0.05, 0.1) is 15.7 Å². The summed E-state index contributed by atoms with van der Waals surface area (Å²) in [7, 11) is -1.37. The lowest BCUT2D eigenvalue weighted by atomic mass is 9.86. The highest BCUT2D eigenvalue weighted by Gasteiger charge is 2.29. The van der Waals surface area contributed by atoms with Crippen molar-refractivity contribution in [3.63, 3.8) is 0 Å². The first-order valence-corrected chi connectivity index (χ1v) is 9.20.